The molecule has 0 spiro atoms. The quantitative estimate of drug-likeness (QED) is 0.663. The molecule has 2 amide bonds. The van der Waals surface area contributed by atoms with Crippen LogP contribution >= 0.6 is 0 Å². The van der Waals surface area contributed by atoms with Crippen molar-refractivity contribution in [3.8, 4) is 6.07 Å². The maximum absolute atomic E-state index is 12.8. The number of fused-ring (bicyclic) bond motifs is 1. The molecular formula is C23H22N6O2. The highest BCUT2D eigenvalue weighted by atomic mass is 16.2. The third kappa shape index (κ3) is 4.61. The van der Waals surface area contributed by atoms with E-state index in [1.54, 1.807) is 54.4 Å². The Morgan fingerprint density at radius 1 is 1.23 bits per heavy atom. The van der Waals surface area contributed by atoms with Gasteiger partial charge in [0.2, 0.25) is 11.9 Å². The molecule has 2 heterocycles. The van der Waals surface area contributed by atoms with Crippen LogP contribution in [0.15, 0.2) is 48.7 Å². The van der Waals surface area contributed by atoms with E-state index in [4.69, 9.17) is 5.26 Å². The topological polar surface area (TPSA) is 111 Å². The van der Waals surface area contributed by atoms with E-state index >= 15 is 0 Å². The van der Waals surface area contributed by atoms with Crippen LogP contribution in [0.4, 0.5) is 11.6 Å². The third-order valence-corrected chi connectivity index (χ3v) is 5.26. The van der Waals surface area contributed by atoms with Gasteiger partial charge in [0.05, 0.1) is 17.1 Å². The Morgan fingerprint density at radius 2 is 2.03 bits per heavy atom. The first-order valence-corrected chi connectivity index (χ1v) is 10.2. The average molecular weight is 414 g/mol. The number of rotatable bonds is 5. The van der Waals surface area contributed by atoms with Gasteiger partial charge in [0, 0.05) is 48.4 Å². The van der Waals surface area contributed by atoms with Crippen molar-refractivity contribution in [2.24, 2.45) is 0 Å². The molecule has 31 heavy (non-hydrogen) atoms. The van der Waals surface area contributed by atoms with Gasteiger partial charge in [-0.3, -0.25) is 9.59 Å². The van der Waals surface area contributed by atoms with Gasteiger partial charge in [-0.1, -0.05) is 6.92 Å². The van der Waals surface area contributed by atoms with Crippen molar-refractivity contribution in [2.45, 2.75) is 25.8 Å². The number of nitrogens with zero attached hydrogens (tertiary/aromatic N) is 4. The van der Waals surface area contributed by atoms with E-state index in [9.17, 15) is 9.59 Å². The number of benzene rings is 2. The number of aromatic nitrogens is 2. The van der Waals surface area contributed by atoms with Crippen molar-refractivity contribution in [1.29, 1.82) is 5.26 Å². The summed E-state index contributed by atoms with van der Waals surface area (Å²) in [6.45, 7) is 2.97. The Labute approximate surface area is 179 Å². The first-order chi connectivity index (χ1) is 15.1. The number of hydrogen-bond donors (Lipinski definition) is 2. The molecule has 1 saturated heterocycles. The van der Waals surface area contributed by atoms with E-state index in [0.29, 0.717) is 47.8 Å². The minimum absolute atomic E-state index is 0.0451. The number of anilines is 2. The van der Waals surface area contributed by atoms with Crippen molar-refractivity contribution in [3.05, 3.63) is 59.8 Å². The summed E-state index contributed by atoms with van der Waals surface area (Å²) in [7, 11) is 0. The van der Waals surface area contributed by atoms with Crippen LogP contribution in [-0.2, 0) is 4.79 Å². The van der Waals surface area contributed by atoms with Crippen molar-refractivity contribution in [3.63, 3.8) is 0 Å². The summed E-state index contributed by atoms with van der Waals surface area (Å²) in [5.74, 6) is 0.376. The minimum Gasteiger partial charge on any atom is -0.350 e. The molecule has 156 valence electrons. The molecule has 1 aliphatic heterocycles. The Hall–Kier alpha value is -3.99. The molecule has 4 rings (SSSR count). The zero-order valence-electron chi connectivity index (χ0n) is 17.1. The van der Waals surface area contributed by atoms with E-state index in [1.165, 1.54) is 0 Å². The van der Waals surface area contributed by atoms with E-state index in [2.05, 4.69) is 26.7 Å². The second kappa shape index (κ2) is 8.79. The summed E-state index contributed by atoms with van der Waals surface area (Å²) >= 11 is 0. The molecule has 1 atom stereocenters. The molecule has 0 aliphatic carbocycles. The smallest absolute Gasteiger partial charge is 0.253 e. The summed E-state index contributed by atoms with van der Waals surface area (Å²) in [5, 5.41) is 16.0. The largest absolute Gasteiger partial charge is 0.350 e. The van der Waals surface area contributed by atoms with Crippen LogP contribution < -0.4 is 10.6 Å². The molecule has 0 saturated carbocycles. The summed E-state index contributed by atoms with van der Waals surface area (Å²) < 4.78 is 0. The number of nitriles is 1. The van der Waals surface area contributed by atoms with Crippen molar-refractivity contribution >= 4 is 34.4 Å². The Balaban J connectivity index is 1.39. The summed E-state index contributed by atoms with van der Waals surface area (Å²) in [6.07, 6.45) is 2.92. The summed E-state index contributed by atoms with van der Waals surface area (Å²) in [5.41, 5.74) is 2.52. The number of nitrogens with one attached hydrogen (secondary N) is 2. The Morgan fingerprint density at radius 3 is 2.77 bits per heavy atom. The Kier molecular flexibility index (Phi) is 5.76. The lowest BCUT2D eigenvalue weighted by Gasteiger charge is -2.17. The Bertz CT molecular complexity index is 1170. The fourth-order valence-corrected chi connectivity index (χ4v) is 3.54. The molecule has 1 aliphatic rings. The van der Waals surface area contributed by atoms with Gasteiger partial charge in [-0.2, -0.15) is 5.26 Å². The van der Waals surface area contributed by atoms with E-state index in [1.807, 2.05) is 6.07 Å². The number of hydrogen-bond acceptors (Lipinski definition) is 6. The monoisotopic (exact) mass is 414 g/mol. The molecular weight excluding hydrogens is 392 g/mol. The molecule has 0 radical (unpaired) electrons. The highest BCUT2D eigenvalue weighted by Gasteiger charge is 2.27. The fourth-order valence-electron chi connectivity index (χ4n) is 3.54. The highest BCUT2D eigenvalue weighted by molar-refractivity contribution is 5.96. The first-order valence-electron chi connectivity index (χ1n) is 10.2. The van der Waals surface area contributed by atoms with Gasteiger partial charge in [-0.05, 0) is 48.9 Å². The second-order valence-electron chi connectivity index (χ2n) is 7.44. The molecule has 3 aromatic rings. The third-order valence-electron chi connectivity index (χ3n) is 5.26. The maximum atomic E-state index is 12.8. The lowest BCUT2D eigenvalue weighted by molar-refractivity contribution is -0.115. The van der Waals surface area contributed by atoms with Crippen LogP contribution in [0.2, 0.25) is 0 Å². The molecule has 8 nitrogen and oxygen atoms in total. The van der Waals surface area contributed by atoms with Gasteiger partial charge >= 0.3 is 0 Å². The lowest BCUT2D eigenvalue weighted by Crippen LogP contribution is -2.31. The molecule has 0 unspecified atom stereocenters. The number of amides is 2. The molecule has 2 aromatic carbocycles. The van der Waals surface area contributed by atoms with Crippen molar-refractivity contribution in [2.75, 3.05) is 23.7 Å². The minimum atomic E-state index is -0.0627. The molecule has 1 aromatic heterocycles. The predicted octanol–water partition coefficient (Wildman–Crippen LogP) is 3.18. The zero-order chi connectivity index (χ0) is 21.8. The van der Waals surface area contributed by atoms with Crippen LogP contribution in [0.1, 0.15) is 35.7 Å². The van der Waals surface area contributed by atoms with E-state index in [-0.39, 0.29) is 17.9 Å². The van der Waals surface area contributed by atoms with Crippen LogP contribution in [0.3, 0.4) is 0 Å². The molecule has 8 heteroatoms. The fraction of sp³-hybridized carbons (Fsp3) is 0.261. The van der Waals surface area contributed by atoms with Gasteiger partial charge in [0.25, 0.3) is 5.91 Å². The highest BCUT2D eigenvalue weighted by Crippen LogP contribution is 2.20. The van der Waals surface area contributed by atoms with E-state index < -0.39 is 0 Å². The first kappa shape index (κ1) is 20.3. The van der Waals surface area contributed by atoms with Gasteiger partial charge in [0.1, 0.15) is 0 Å². The summed E-state index contributed by atoms with van der Waals surface area (Å²) in [4.78, 5) is 35.0. The number of likely N-dealkylation sites (tertiary alicyclic amines) is 1. The van der Waals surface area contributed by atoms with Crippen LogP contribution in [0, 0.1) is 11.3 Å². The van der Waals surface area contributed by atoms with Crippen molar-refractivity contribution in [1.82, 2.24) is 14.9 Å². The van der Waals surface area contributed by atoms with Gasteiger partial charge < -0.3 is 15.5 Å². The zero-order valence-corrected chi connectivity index (χ0v) is 17.1. The van der Waals surface area contributed by atoms with Crippen LogP contribution in [-0.4, -0.2) is 45.8 Å². The summed E-state index contributed by atoms with van der Waals surface area (Å²) in [6, 6.07) is 14.4. The average Bonchev–Trinajstić information content (AvgIpc) is 3.27. The van der Waals surface area contributed by atoms with Gasteiger partial charge in [-0.25, -0.2) is 9.97 Å². The molecule has 2 N–H and O–H groups in total. The number of carbonyl (C=O) groups excluding carboxylic acids is 2. The van der Waals surface area contributed by atoms with E-state index in [0.717, 1.165) is 11.8 Å². The van der Waals surface area contributed by atoms with Gasteiger partial charge in [-0.15, -0.1) is 0 Å². The lowest BCUT2D eigenvalue weighted by atomic mass is 10.2. The normalized spacial score (nSPS) is 15.5. The van der Waals surface area contributed by atoms with Crippen LogP contribution in [0.5, 0.6) is 0 Å². The number of carbonyl (C=O) groups is 2. The van der Waals surface area contributed by atoms with Gasteiger partial charge in [0.15, 0.2) is 0 Å². The molecule has 0 bridgehead atoms. The standard InChI is InChI=1S/C23H22N6O2/c1-2-21(30)26-18-7-5-16(6-8-18)22(31)29-10-9-19(14-29)27-23-25-13-17-4-3-15(12-24)11-20(17)28-23/h3-8,11,13,19H,2,9-10,14H2,1H3,(H,26,30)(H,25,27,28)/t19-/m1/s1. The van der Waals surface area contributed by atoms with Crippen LogP contribution in [0.25, 0.3) is 10.9 Å². The predicted molar refractivity (Wildman–Crippen MR) is 118 cm³/mol. The van der Waals surface area contributed by atoms with Crippen molar-refractivity contribution < 1.29 is 9.59 Å². The second-order valence-corrected chi connectivity index (χ2v) is 7.44. The SMILES string of the molecule is CCC(=O)Nc1ccc(C(=O)N2CC[C@@H](Nc3ncc4ccc(C#N)cc4n3)C2)cc1. The molecule has 1 fully saturated rings. The maximum Gasteiger partial charge on any atom is 0.253 e.